The highest BCUT2D eigenvalue weighted by Crippen LogP contribution is 2.22. The van der Waals surface area contributed by atoms with Crippen LogP contribution in [-0.4, -0.2) is 51.7 Å². The van der Waals surface area contributed by atoms with Crippen molar-refractivity contribution in [1.82, 2.24) is 10.2 Å². The Labute approximate surface area is 122 Å². The van der Waals surface area contributed by atoms with Crippen molar-refractivity contribution in [1.29, 1.82) is 0 Å². The lowest BCUT2D eigenvalue weighted by Crippen LogP contribution is -2.52. The molecule has 0 aliphatic carbocycles. The average molecular weight is 290 g/mol. The number of aliphatic carboxylic acids is 1. The summed E-state index contributed by atoms with van der Waals surface area (Å²) in [7, 11) is 0. The Bertz CT molecular complexity index is 575. The molecule has 1 aromatic carbocycles. The zero-order chi connectivity index (χ0) is 15.0. The molecule has 2 aliphatic rings. The van der Waals surface area contributed by atoms with E-state index in [1.807, 2.05) is 24.3 Å². The van der Waals surface area contributed by atoms with Crippen molar-refractivity contribution < 1.29 is 19.8 Å². The van der Waals surface area contributed by atoms with Gasteiger partial charge >= 0.3 is 5.97 Å². The predicted octanol–water partition coefficient (Wildman–Crippen LogP) is -0.253. The molecule has 21 heavy (non-hydrogen) atoms. The van der Waals surface area contributed by atoms with Crippen LogP contribution in [-0.2, 0) is 22.6 Å². The number of likely N-dealkylation sites (tertiary alicyclic amines) is 1. The molecule has 6 heteroatoms. The van der Waals surface area contributed by atoms with Crippen LogP contribution in [0.4, 0.5) is 0 Å². The molecule has 0 saturated carbocycles. The fourth-order valence-corrected chi connectivity index (χ4v) is 3.12. The largest absolute Gasteiger partial charge is 0.480 e. The Morgan fingerprint density at radius 1 is 1.24 bits per heavy atom. The first-order valence-corrected chi connectivity index (χ1v) is 7.08. The van der Waals surface area contributed by atoms with Gasteiger partial charge in [-0.05, 0) is 17.5 Å². The van der Waals surface area contributed by atoms with Crippen molar-refractivity contribution >= 4 is 11.9 Å². The lowest BCUT2D eigenvalue weighted by Gasteiger charge is -2.30. The minimum absolute atomic E-state index is 0.0929. The molecule has 1 amide bonds. The number of aliphatic hydroxyl groups excluding tert-OH is 1. The molecule has 0 aromatic heterocycles. The Balaban J connectivity index is 1.76. The van der Waals surface area contributed by atoms with Crippen LogP contribution >= 0.6 is 0 Å². The zero-order valence-corrected chi connectivity index (χ0v) is 11.5. The molecule has 1 saturated heterocycles. The summed E-state index contributed by atoms with van der Waals surface area (Å²) >= 11 is 0. The fraction of sp³-hybridized carbons (Fsp3) is 0.467. The normalized spacial score (nSPS) is 28.2. The number of carboxylic acid groups (broad SMARTS) is 1. The highest BCUT2D eigenvalue weighted by atomic mass is 16.4. The number of β-amino-alcohol motifs (C(OH)–C–C–N with tert-alkyl or cyclic N) is 1. The third kappa shape index (κ3) is 2.64. The van der Waals surface area contributed by atoms with Gasteiger partial charge in [0.25, 0.3) is 0 Å². The number of carboxylic acids is 1. The highest BCUT2D eigenvalue weighted by Gasteiger charge is 2.41. The van der Waals surface area contributed by atoms with Crippen molar-refractivity contribution in [2.45, 2.75) is 37.6 Å². The summed E-state index contributed by atoms with van der Waals surface area (Å²) in [5.41, 5.74) is 2.28. The van der Waals surface area contributed by atoms with Gasteiger partial charge in [0.2, 0.25) is 5.91 Å². The fourth-order valence-electron chi connectivity index (χ4n) is 3.12. The van der Waals surface area contributed by atoms with E-state index >= 15 is 0 Å². The molecular formula is C15H18N2O4. The molecule has 0 bridgehead atoms. The van der Waals surface area contributed by atoms with Crippen LogP contribution in [0, 0.1) is 0 Å². The number of nitrogens with one attached hydrogen (secondary N) is 1. The van der Waals surface area contributed by atoms with Gasteiger partial charge in [0.15, 0.2) is 0 Å². The summed E-state index contributed by atoms with van der Waals surface area (Å²) in [5, 5.41) is 22.0. The number of nitrogens with zero attached hydrogens (tertiary/aromatic N) is 1. The van der Waals surface area contributed by atoms with Gasteiger partial charge in [-0.2, -0.15) is 0 Å². The van der Waals surface area contributed by atoms with E-state index in [1.54, 1.807) is 0 Å². The van der Waals surface area contributed by atoms with E-state index in [-0.39, 0.29) is 18.9 Å². The predicted molar refractivity (Wildman–Crippen MR) is 74.5 cm³/mol. The van der Waals surface area contributed by atoms with Crippen molar-refractivity contribution in [3.8, 4) is 0 Å². The number of amides is 1. The smallest absolute Gasteiger partial charge is 0.326 e. The Kier molecular flexibility index (Phi) is 3.65. The van der Waals surface area contributed by atoms with Crippen LogP contribution in [0.25, 0.3) is 0 Å². The van der Waals surface area contributed by atoms with Gasteiger partial charge in [0, 0.05) is 19.5 Å². The first kappa shape index (κ1) is 14.0. The summed E-state index contributed by atoms with van der Waals surface area (Å²) in [6, 6.07) is 6.55. The molecule has 2 heterocycles. The standard InChI is InChI=1S/C15H18N2O4/c18-11-6-13(15(20)21)17(8-11)14(19)12-5-9-3-1-2-4-10(9)7-16-12/h1-4,11-13,16,18H,5-8H2,(H,20,21)/t11-,12+,13-/m1/s1. The number of hydrogen-bond acceptors (Lipinski definition) is 4. The van der Waals surface area contributed by atoms with Gasteiger partial charge in [-0.3, -0.25) is 4.79 Å². The van der Waals surface area contributed by atoms with Crippen LogP contribution in [0.3, 0.4) is 0 Å². The molecule has 1 fully saturated rings. The Morgan fingerprint density at radius 2 is 1.95 bits per heavy atom. The van der Waals surface area contributed by atoms with Crippen LogP contribution in [0.2, 0.25) is 0 Å². The van der Waals surface area contributed by atoms with E-state index in [1.165, 1.54) is 4.90 Å². The van der Waals surface area contributed by atoms with Crippen molar-refractivity contribution in [3.63, 3.8) is 0 Å². The molecule has 3 rings (SSSR count). The lowest BCUT2D eigenvalue weighted by atomic mass is 9.95. The maximum atomic E-state index is 12.6. The first-order valence-electron chi connectivity index (χ1n) is 7.08. The molecule has 6 nitrogen and oxygen atoms in total. The number of fused-ring (bicyclic) bond motifs is 1. The number of rotatable bonds is 2. The van der Waals surface area contributed by atoms with Crippen molar-refractivity contribution in [3.05, 3.63) is 35.4 Å². The van der Waals surface area contributed by atoms with E-state index in [0.717, 1.165) is 11.1 Å². The van der Waals surface area contributed by atoms with E-state index in [4.69, 9.17) is 0 Å². The van der Waals surface area contributed by atoms with E-state index in [2.05, 4.69) is 5.32 Å². The summed E-state index contributed by atoms with van der Waals surface area (Å²) < 4.78 is 0. The SMILES string of the molecule is O=C(O)[C@H]1C[C@@H](O)CN1C(=O)[C@@H]1Cc2ccccc2CN1. The monoisotopic (exact) mass is 290 g/mol. The summed E-state index contributed by atoms with van der Waals surface area (Å²) in [5.74, 6) is -1.30. The van der Waals surface area contributed by atoms with Gasteiger partial charge in [0.05, 0.1) is 12.1 Å². The number of benzene rings is 1. The Morgan fingerprint density at radius 3 is 2.67 bits per heavy atom. The molecule has 3 atom stereocenters. The second-order valence-corrected chi connectivity index (χ2v) is 5.64. The molecule has 0 radical (unpaired) electrons. The first-order chi connectivity index (χ1) is 10.1. The summed E-state index contributed by atoms with van der Waals surface area (Å²) in [6.45, 7) is 0.691. The molecule has 0 spiro atoms. The number of aliphatic hydroxyl groups is 1. The second-order valence-electron chi connectivity index (χ2n) is 5.64. The number of carbonyl (C=O) groups is 2. The Hall–Kier alpha value is -1.92. The zero-order valence-electron chi connectivity index (χ0n) is 11.5. The molecule has 2 aliphatic heterocycles. The maximum Gasteiger partial charge on any atom is 0.326 e. The third-order valence-electron chi connectivity index (χ3n) is 4.23. The van der Waals surface area contributed by atoms with Gasteiger partial charge in [0.1, 0.15) is 6.04 Å². The maximum absolute atomic E-state index is 12.6. The minimum atomic E-state index is -1.06. The number of carbonyl (C=O) groups excluding carboxylic acids is 1. The minimum Gasteiger partial charge on any atom is -0.480 e. The lowest BCUT2D eigenvalue weighted by molar-refractivity contribution is -0.149. The van der Waals surface area contributed by atoms with Gasteiger partial charge in [-0.25, -0.2) is 4.79 Å². The van der Waals surface area contributed by atoms with Gasteiger partial charge in [-0.15, -0.1) is 0 Å². The third-order valence-corrected chi connectivity index (χ3v) is 4.23. The van der Waals surface area contributed by atoms with Gasteiger partial charge in [-0.1, -0.05) is 24.3 Å². The van der Waals surface area contributed by atoms with E-state index in [0.29, 0.717) is 13.0 Å². The van der Waals surface area contributed by atoms with Crippen molar-refractivity contribution in [2.24, 2.45) is 0 Å². The van der Waals surface area contributed by atoms with Crippen LogP contribution < -0.4 is 5.32 Å². The highest BCUT2D eigenvalue weighted by molar-refractivity contribution is 5.88. The summed E-state index contributed by atoms with van der Waals surface area (Å²) in [6.07, 6.45) is -0.107. The van der Waals surface area contributed by atoms with E-state index < -0.39 is 24.2 Å². The molecule has 3 N–H and O–H groups in total. The van der Waals surface area contributed by atoms with Crippen molar-refractivity contribution in [2.75, 3.05) is 6.54 Å². The van der Waals surface area contributed by atoms with Crippen LogP contribution in [0.5, 0.6) is 0 Å². The van der Waals surface area contributed by atoms with Crippen LogP contribution in [0.15, 0.2) is 24.3 Å². The quantitative estimate of drug-likeness (QED) is 0.699. The molecule has 112 valence electrons. The number of hydrogen-bond donors (Lipinski definition) is 3. The molecule has 1 aromatic rings. The van der Waals surface area contributed by atoms with Crippen LogP contribution in [0.1, 0.15) is 17.5 Å². The van der Waals surface area contributed by atoms with Gasteiger partial charge < -0.3 is 20.4 Å². The molecule has 0 unspecified atom stereocenters. The topological polar surface area (TPSA) is 89.9 Å². The average Bonchev–Trinajstić information content (AvgIpc) is 2.88. The molecular weight excluding hydrogens is 272 g/mol. The summed E-state index contributed by atoms with van der Waals surface area (Å²) in [4.78, 5) is 25.1. The second kappa shape index (κ2) is 5.46. The van der Waals surface area contributed by atoms with E-state index in [9.17, 15) is 19.8 Å².